The zero-order chi connectivity index (χ0) is 39.2. The van der Waals surface area contributed by atoms with E-state index in [1.807, 2.05) is 12.1 Å². The number of nitrogens with zero attached hydrogens (tertiary/aromatic N) is 2. The Morgan fingerprint density at radius 1 is 0.288 bits per heavy atom. The first kappa shape index (κ1) is 34.6. The van der Waals surface area contributed by atoms with Gasteiger partial charge in [-0.25, -0.2) is 9.97 Å². The second-order valence-electron chi connectivity index (χ2n) is 15.2. The van der Waals surface area contributed by atoms with E-state index in [0.717, 1.165) is 39.0 Å². The second kappa shape index (κ2) is 14.4. The molecule has 276 valence electrons. The Kier molecular flexibility index (Phi) is 8.41. The third kappa shape index (κ3) is 5.72. The third-order valence-electron chi connectivity index (χ3n) is 12.0. The molecule has 0 bridgehead atoms. The summed E-state index contributed by atoms with van der Waals surface area (Å²) in [7, 11) is 0. The molecule has 1 aromatic heterocycles. The first-order valence-corrected chi connectivity index (χ1v) is 20.2. The molecule has 0 saturated carbocycles. The minimum atomic E-state index is -0.468. The minimum absolute atomic E-state index is 0.468. The Balaban J connectivity index is 1.11. The fourth-order valence-corrected chi connectivity index (χ4v) is 9.39. The molecule has 0 spiro atoms. The summed E-state index contributed by atoms with van der Waals surface area (Å²) in [6.07, 6.45) is 0. The lowest BCUT2D eigenvalue weighted by atomic mass is 9.67. The molecule has 0 atom stereocenters. The number of aromatic nitrogens is 2. The van der Waals surface area contributed by atoms with E-state index in [9.17, 15) is 0 Å². The van der Waals surface area contributed by atoms with Gasteiger partial charge < -0.3 is 0 Å². The molecule has 0 fully saturated rings. The molecular formula is C57H38N2. The van der Waals surface area contributed by atoms with Gasteiger partial charge in [0.1, 0.15) is 0 Å². The molecule has 10 aromatic rings. The van der Waals surface area contributed by atoms with E-state index >= 15 is 0 Å². The van der Waals surface area contributed by atoms with Gasteiger partial charge in [0, 0.05) is 16.7 Å². The van der Waals surface area contributed by atoms with Crippen molar-refractivity contribution in [1.82, 2.24) is 9.97 Å². The van der Waals surface area contributed by atoms with Crippen LogP contribution in [-0.2, 0) is 5.41 Å². The maximum absolute atomic E-state index is 5.32. The van der Waals surface area contributed by atoms with Crippen LogP contribution in [0.1, 0.15) is 22.3 Å². The van der Waals surface area contributed by atoms with E-state index in [0.29, 0.717) is 5.82 Å². The van der Waals surface area contributed by atoms with Crippen molar-refractivity contribution in [3.8, 4) is 67.3 Å². The first-order valence-electron chi connectivity index (χ1n) is 20.2. The summed E-state index contributed by atoms with van der Waals surface area (Å²) in [5.41, 5.74) is 16.9. The van der Waals surface area contributed by atoms with Crippen molar-refractivity contribution in [1.29, 1.82) is 0 Å². The fraction of sp³-hybridized carbons (Fsp3) is 0.0175. The lowest BCUT2D eigenvalue weighted by Gasteiger charge is -2.34. The molecule has 0 radical (unpaired) electrons. The van der Waals surface area contributed by atoms with E-state index in [2.05, 4.69) is 218 Å². The van der Waals surface area contributed by atoms with E-state index in [-0.39, 0.29) is 0 Å². The Bertz CT molecular complexity index is 3080. The van der Waals surface area contributed by atoms with E-state index < -0.39 is 5.41 Å². The Hall–Kier alpha value is -7.68. The maximum atomic E-state index is 5.32. The van der Waals surface area contributed by atoms with Crippen molar-refractivity contribution in [2.24, 2.45) is 0 Å². The molecule has 11 rings (SSSR count). The summed E-state index contributed by atoms with van der Waals surface area (Å²) in [5.74, 6) is 0.699. The minimum Gasteiger partial charge on any atom is -0.228 e. The topological polar surface area (TPSA) is 25.8 Å². The summed E-state index contributed by atoms with van der Waals surface area (Å²) < 4.78 is 0. The van der Waals surface area contributed by atoms with Gasteiger partial charge in [0.05, 0.1) is 16.8 Å². The number of hydrogen-bond donors (Lipinski definition) is 0. The van der Waals surface area contributed by atoms with Crippen molar-refractivity contribution >= 4 is 10.8 Å². The van der Waals surface area contributed by atoms with Crippen molar-refractivity contribution in [2.75, 3.05) is 0 Å². The molecule has 0 amide bonds. The van der Waals surface area contributed by atoms with Crippen LogP contribution < -0.4 is 0 Å². The van der Waals surface area contributed by atoms with E-state index in [4.69, 9.17) is 9.97 Å². The average molecular weight is 751 g/mol. The van der Waals surface area contributed by atoms with Crippen LogP contribution in [0.5, 0.6) is 0 Å². The van der Waals surface area contributed by atoms with Gasteiger partial charge in [-0.05, 0) is 72.5 Å². The highest BCUT2D eigenvalue weighted by molar-refractivity contribution is 6.08. The van der Waals surface area contributed by atoms with E-state index in [1.165, 1.54) is 55.5 Å². The summed E-state index contributed by atoms with van der Waals surface area (Å²) in [4.78, 5) is 10.5. The monoisotopic (exact) mass is 750 g/mol. The predicted molar refractivity (Wildman–Crippen MR) is 244 cm³/mol. The quantitative estimate of drug-likeness (QED) is 0.162. The first-order chi connectivity index (χ1) is 29.3. The van der Waals surface area contributed by atoms with Gasteiger partial charge in [-0.15, -0.1) is 0 Å². The molecule has 2 nitrogen and oxygen atoms in total. The van der Waals surface area contributed by atoms with Crippen LogP contribution in [0.4, 0.5) is 0 Å². The van der Waals surface area contributed by atoms with Crippen LogP contribution in [0.15, 0.2) is 231 Å². The Morgan fingerprint density at radius 2 is 0.763 bits per heavy atom. The average Bonchev–Trinajstić information content (AvgIpc) is 3.63. The molecule has 59 heavy (non-hydrogen) atoms. The highest BCUT2D eigenvalue weighted by Crippen LogP contribution is 2.58. The summed E-state index contributed by atoms with van der Waals surface area (Å²) in [5, 5.41) is 2.33. The van der Waals surface area contributed by atoms with Gasteiger partial charge in [-0.2, -0.15) is 0 Å². The fourth-order valence-electron chi connectivity index (χ4n) is 9.39. The molecule has 0 unspecified atom stereocenters. The van der Waals surface area contributed by atoms with Gasteiger partial charge in [0.2, 0.25) is 0 Å². The molecule has 0 saturated heterocycles. The van der Waals surface area contributed by atoms with Crippen LogP contribution in [0.25, 0.3) is 78.1 Å². The van der Waals surface area contributed by atoms with Crippen molar-refractivity contribution in [2.45, 2.75) is 5.41 Å². The lowest BCUT2D eigenvalue weighted by Crippen LogP contribution is -2.28. The van der Waals surface area contributed by atoms with Gasteiger partial charge in [0.25, 0.3) is 0 Å². The molecule has 0 aliphatic heterocycles. The normalized spacial score (nSPS) is 12.5. The SMILES string of the molecule is c1ccc(-c2ccc(-c3nc(-c4ccccc4)cc(-c4ccc(-c5cccc6c5-c5ccccc5C6(c5ccccc5)c5ccccc5)c5ccccc45)n3)cc2)cc1. The molecule has 1 heterocycles. The molecular weight excluding hydrogens is 713 g/mol. The van der Waals surface area contributed by atoms with Gasteiger partial charge in [0.15, 0.2) is 5.82 Å². The smallest absolute Gasteiger partial charge is 0.160 e. The van der Waals surface area contributed by atoms with Crippen molar-refractivity contribution in [3.05, 3.63) is 253 Å². The standard InChI is InChI=1S/C57H38N2/c1-5-18-39(19-6-1)40-32-34-42(35-33-40)56-58-53(41-20-7-2-8-21-41)38-54(59-56)48-37-36-47(45-26-13-14-27-46(45)48)49-29-17-31-52-55(49)50-28-15-16-30-51(50)57(52,43-22-9-3-10-23-43)44-24-11-4-12-25-44/h1-38H. The van der Waals surface area contributed by atoms with Gasteiger partial charge in [-0.3, -0.25) is 0 Å². The largest absolute Gasteiger partial charge is 0.228 e. The van der Waals surface area contributed by atoms with Crippen LogP contribution in [-0.4, -0.2) is 9.97 Å². The van der Waals surface area contributed by atoms with Crippen LogP contribution in [0, 0.1) is 0 Å². The molecule has 0 N–H and O–H groups in total. The molecule has 2 heteroatoms. The summed E-state index contributed by atoms with van der Waals surface area (Å²) in [6.45, 7) is 0. The number of fused-ring (bicyclic) bond motifs is 4. The number of benzene rings is 9. The van der Waals surface area contributed by atoms with Crippen LogP contribution in [0.3, 0.4) is 0 Å². The highest BCUT2D eigenvalue weighted by Gasteiger charge is 2.46. The maximum Gasteiger partial charge on any atom is 0.160 e. The second-order valence-corrected chi connectivity index (χ2v) is 15.2. The molecule has 9 aromatic carbocycles. The predicted octanol–water partition coefficient (Wildman–Crippen LogP) is 14.3. The van der Waals surface area contributed by atoms with Crippen LogP contribution in [0.2, 0.25) is 0 Å². The van der Waals surface area contributed by atoms with Crippen molar-refractivity contribution in [3.63, 3.8) is 0 Å². The Labute approximate surface area is 344 Å². The van der Waals surface area contributed by atoms with E-state index in [1.54, 1.807) is 0 Å². The molecule has 1 aliphatic rings. The molecule has 1 aliphatic carbocycles. The lowest BCUT2D eigenvalue weighted by molar-refractivity contribution is 0.768. The van der Waals surface area contributed by atoms with Crippen molar-refractivity contribution < 1.29 is 0 Å². The summed E-state index contributed by atoms with van der Waals surface area (Å²) >= 11 is 0. The van der Waals surface area contributed by atoms with Crippen LogP contribution >= 0.6 is 0 Å². The third-order valence-corrected chi connectivity index (χ3v) is 12.0. The highest BCUT2D eigenvalue weighted by atomic mass is 14.9. The summed E-state index contributed by atoms with van der Waals surface area (Å²) in [6, 6.07) is 82.9. The van der Waals surface area contributed by atoms with Gasteiger partial charge >= 0.3 is 0 Å². The van der Waals surface area contributed by atoms with Gasteiger partial charge in [-0.1, -0.05) is 224 Å². The zero-order valence-corrected chi connectivity index (χ0v) is 32.3. The number of hydrogen-bond acceptors (Lipinski definition) is 2. The zero-order valence-electron chi connectivity index (χ0n) is 32.3. The number of rotatable bonds is 7. The Morgan fingerprint density at radius 3 is 1.44 bits per heavy atom.